The number of carbonyl (C=O) groups is 1. The first-order chi connectivity index (χ1) is 9.15. The molecule has 19 heavy (non-hydrogen) atoms. The topological polar surface area (TPSA) is 83.8 Å². The Hall–Kier alpha value is -2.27. The highest BCUT2D eigenvalue weighted by Crippen LogP contribution is 2.10. The van der Waals surface area contributed by atoms with Gasteiger partial charge in [-0.15, -0.1) is 0 Å². The number of H-pyrrole nitrogens is 1. The van der Waals surface area contributed by atoms with Gasteiger partial charge in [0.05, 0.1) is 6.20 Å². The Bertz CT molecular complexity index is 589. The van der Waals surface area contributed by atoms with Gasteiger partial charge in [0.25, 0.3) is 0 Å². The molecule has 2 rings (SSSR count). The van der Waals surface area contributed by atoms with E-state index in [-0.39, 0.29) is 5.91 Å². The van der Waals surface area contributed by atoms with E-state index in [2.05, 4.69) is 15.5 Å². The van der Waals surface area contributed by atoms with Crippen molar-refractivity contribution < 1.29 is 4.79 Å². The number of nitrogens with two attached hydrogens (primary N) is 1. The van der Waals surface area contributed by atoms with Crippen molar-refractivity contribution >= 4 is 29.4 Å². The predicted molar refractivity (Wildman–Crippen MR) is 75.3 cm³/mol. The van der Waals surface area contributed by atoms with Crippen molar-refractivity contribution in [2.45, 2.75) is 6.54 Å². The van der Waals surface area contributed by atoms with Crippen LogP contribution in [0, 0.1) is 0 Å². The minimum absolute atomic E-state index is 0.199. The highest BCUT2D eigenvalue weighted by atomic mass is 35.5. The summed E-state index contributed by atoms with van der Waals surface area (Å²) in [6.45, 7) is 0.339. The van der Waals surface area contributed by atoms with Crippen LogP contribution in [0.4, 0.5) is 5.82 Å². The molecule has 0 saturated carbocycles. The van der Waals surface area contributed by atoms with E-state index in [4.69, 9.17) is 17.3 Å². The molecule has 0 spiro atoms. The third-order valence-electron chi connectivity index (χ3n) is 2.50. The number of carbonyl (C=O) groups excluding carboxylic acids is 1. The van der Waals surface area contributed by atoms with Gasteiger partial charge in [-0.05, 0) is 23.8 Å². The molecule has 0 aliphatic carbocycles. The van der Waals surface area contributed by atoms with Crippen LogP contribution in [0.2, 0.25) is 5.02 Å². The highest BCUT2D eigenvalue weighted by molar-refractivity contribution is 6.30. The molecule has 0 bridgehead atoms. The zero-order chi connectivity index (χ0) is 13.7. The van der Waals surface area contributed by atoms with Gasteiger partial charge in [0.1, 0.15) is 5.82 Å². The van der Waals surface area contributed by atoms with E-state index in [1.807, 2.05) is 12.1 Å². The lowest BCUT2D eigenvalue weighted by Crippen LogP contribution is -2.20. The van der Waals surface area contributed by atoms with Crippen molar-refractivity contribution in [2.24, 2.45) is 0 Å². The summed E-state index contributed by atoms with van der Waals surface area (Å²) < 4.78 is 0. The Balaban J connectivity index is 1.87. The van der Waals surface area contributed by atoms with Crippen LogP contribution >= 0.6 is 11.6 Å². The van der Waals surface area contributed by atoms with Crippen LogP contribution < -0.4 is 11.1 Å². The number of nitrogens with one attached hydrogen (secondary N) is 2. The van der Waals surface area contributed by atoms with Gasteiger partial charge < -0.3 is 11.1 Å². The molecule has 98 valence electrons. The molecule has 0 radical (unpaired) electrons. The summed E-state index contributed by atoms with van der Waals surface area (Å²) in [6, 6.07) is 7.21. The lowest BCUT2D eigenvalue weighted by molar-refractivity contribution is -0.116. The number of amides is 1. The zero-order valence-electron chi connectivity index (χ0n) is 10.1. The largest absolute Gasteiger partial charge is 0.384 e. The molecule has 0 aliphatic heterocycles. The van der Waals surface area contributed by atoms with Gasteiger partial charge in [-0.2, -0.15) is 5.10 Å². The summed E-state index contributed by atoms with van der Waals surface area (Å²) in [5, 5.41) is 9.75. The normalized spacial score (nSPS) is 10.8. The van der Waals surface area contributed by atoms with Crippen LogP contribution in [-0.2, 0) is 11.3 Å². The summed E-state index contributed by atoms with van der Waals surface area (Å²) in [5.41, 5.74) is 7.27. The fourth-order valence-electron chi connectivity index (χ4n) is 1.45. The van der Waals surface area contributed by atoms with Crippen molar-refractivity contribution in [3.05, 3.63) is 52.7 Å². The summed E-state index contributed by atoms with van der Waals surface area (Å²) in [6.07, 6.45) is 4.75. The van der Waals surface area contributed by atoms with Gasteiger partial charge in [0.15, 0.2) is 0 Å². The van der Waals surface area contributed by atoms with Gasteiger partial charge in [-0.1, -0.05) is 23.7 Å². The SMILES string of the molecule is Nc1[nH]ncc1CNC(=O)C=Cc1ccc(Cl)cc1. The van der Waals surface area contributed by atoms with Gasteiger partial charge >= 0.3 is 0 Å². The van der Waals surface area contributed by atoms with Crippen LogP contribution in [-0.4, -0.2) is 16.1 Å². The summed E-state index contributed by atoms with van der Waals surface area (Å²) in [7, 11) is 0. The number of hydrogen-bond donors (Lipinski definition) is 3. The van der Waals surface area contributed by atoms with E-state index in [9.17, 15) is 4.79 Å². The van der Waals surface area contributed by atoms with Gasteiger partial charge in [-0.3, -0.25) is 9.89 Å². The first-order valence-electron chi connectivity index (χ1n) is 5.64. The van der Waals surface area contributed by atoms with Crippen molar-refractivity contribution in [3.63, 3.8) is 0 Å². The quantitative estimate of drug-likeness (QED) is 0.747. The van der Waals surface area contributed by atoms with E-state index in [0.29, 0.717) is 17.4 Å². The zero-order valence-corrected chi connectivity index (χ0v) is 10.8. The van der Waals surface area contributed by atoms with Crippen molar-refractivity contribution in [1.29, 1.82) is 0 Å². The maximum absolute atomic E-state index is 11.6. The minimum atomic E-state index is -0.199. The van der Waals surface area contributed by atoms with Crippen molar-refractivity contribution in [2.75, 3.05) is 5.73 Å². The van der Waals surface area contributed by atoms with Crippen LogP contribution in [0.5, 0.6) is 0 Å². The molecule has 0 unspecified atom stereocenters. The maximum Gasteiger partial charge on any atom is 0.244 e. The third-order valence-corrected chi connectivity index (χ3v) is 2.75. The van der Waals surface area contributed by atoms with Crippen LogP contribution in [0.3, 0.4) is 0 Å². The van der Waals surface area contributed by atoms with Crippen molar-refractivity contribution in [1.82, 2.24) is 15.5 Å². The number of rotatable bonds is 4. The molecule has 5 nitrogen and oxygen atoms in total. The number of aromatic nitrogens is 2. The molecular weight excluding hydrogens is 264 g/mol. The molecule has 2 aromatic rings. The number of halogens is 1. The molecular formula is C13H13ClN4O. The van der Waals surface area contributed by atoms with Crippen molar-refractivity contribution in [3.8, 4) is 0 Å². The lowest BCUT2D eigenvalue weighted by Gasteiger charge is -2.00. The molecule has 1 heterocycles. The van der Waals surface area contributed by atoms with Crippen LogP contribution in [0.1, 0.15) is 11.1 Å². The molecule has 4 N–H and O–H groups in total. The highest BCUT2D eigenvalue weighted by Gasteiger charge is 2.02. The second-order valence-corrected chi connectivity index (χ2v) is 4.35. The number of nitrogen functional groups attached to an aromatic ring is 1. The molecule has 0 atom stereocenters. The maximum atomic E-state index is 11.6. The minimum Gasteiger partial charge on any atom is -0.384 e. The first-order valence-corrected chi connectivity index (χ1v) is 6.02. The lowest BCUT2D eigenvalue weighted by atomic mass is 10.2. The smallest absolute Gasteiger partial charge is 0.244 e. The fourth-order valence-corrected chi connectivity index (χ4v) is 1.58. The number of benzene rings is 1. The molecule has 0 saturated heterocycles. The number of hydrogen-bond acceptors (Lipinski definition) is 3. The Labute approximate surface area is 115 Å². The van der Waals surface area contributed by atoms with Crippen LogP contribution in [0.15, 0.2) is 36.5 Å². The Morgan fingerprint density at radius 3 is 2.79 bits per heavy atom. The van der Waals surface area contributed by atoms with E-state index in [0.717, 1.165) is 11.1 Å². The van der Waals surface area contributed by atoms with Crippen LogP contribution in [0.25, 0.3) is 6.08 Å². The number of anilines is 1. The summed E-state index contributed by atoms with van der Waals surface area (Å²) in [4.78, 5) is 11.6. The third kappa shape index (κ3) is 3.86. The second kappa shape index (κ2) is 6.06. The van der Waals surface area contributed by atoms with E-state index in [1.165, 1.54) is 6.08 Å². The average molecular weight is 277 g/mol. The first kappa shape index (κ1) is 13.2. The Morgan fingerprint density at radius 2 is 2.16 bits per heavy atom. The van der Waals surface area contributed by atoms with Gasteiger partial charge in [0.2, 0.25) is 5.91 Å². The van der Waals surface area contributed by atoms with Gasteiger partial charge in [-0.25, -0.2) is 0 Å². The van der Waals surface area contributed by atoms with E-state index in [1.54, 1.807) is 24.4 Å². The molecule has 1 amide bonds. The average Bonchev–Trinajstić information content (AvgIpc) is 2.81. The Kier molecular flexibility index (Phi) is 4.20. The molecule has 6 heteroatoms. The summed E-state index contributed by atoms with van der Waals surface area (Å²) in [5.74, 6) is 0.262. The second-order valence-electron chi connectivity index (χ2n) is 3.91. The molecule has 0 aliphatic rings. The van der Waals surface area contributed by atoms with E-state index >= 15 is 0 Å². The Morgan fingerprint density at radius 1 is 1.42 bits per heavy atom. The number of aromatic amines is 1. The number of nitrogens with zero attached hydrogens (tertiary/aromatic N) is 1. The predicted octanol–water partition coefficient (Wildman–Crippen LogP) is 1.97. The molecule has 0 fully saturated rings. The monoisotopic (exact) mass is 276 g/mol. The molecule has 1 aromatic carbocycles. The van der Waals surface area contributed by atoms with E-state index < -0.39 is 0 Å². The van der Waals surface area contributed by atoms with Gasteiger partial charge in [0, 0.05) is 23.2 Å². The fraction of sp³-hybridized carbons (Fsp3) is 0.0769. The molecule has 1 aromatic heterocycles. The summed E-state index contributed by atoms with van der Waals surface area (Å²) >= 11 is 5.77. The standard InChI is InChI=1S/C13H13ClN4O/c14-11-4-1-9(2-5-11)3-6-12(19)16-7-10-8-17-18-13(10)15/h1-6,8H,7H2,(H,16,19)(H3,15,17,18).